The number of nitrogens with one attached hydrogen (secondary N) is 1. The van der Waals surface area contributed by atoms with Crippen LogP contribution in [0.4, 0.5) is 5.69 Å². The highest BCUT2D eigenvalue weighted by molar-refractivity contribution is 6.31. The predicted octanol–water partition coefficient (Wildman–Crippen LogP) is 4.34. The van der Waals surface area contributed by atoms with Gasteiger partial charge in [0.2, 0.25) is 5.89 Å². The van der Waals surface area contributed by atoms with Crippen molar-refractivity contribution in [2.45, 2.75) is 39.7 Å². The molecule has 2 aromatic rings. The maximum atomic E-state index is 6.11. The second kappa shape index (κ2) is 6.35. The average molecular weight is 310 g/mol. The number of rotatable bonds is 5. The van der Waals surface area contributed by atoms with Crippen LogP contribution in [0.15, 0.2) is 16.7 Å². The third kappa shape index (κ3) is 3.47. The number of aryl methyl sites for hydroxylation is 1. The molecule has 0 radical (unpaired) electrons. The number of halogens is 1. The molecular weight excluding hydrogens is 290 g/mol. The first-order valence-electron chi connectivity index (χ1n) is 6.86. The standard InChI is InChI=1S/C15H20ClN3O2/c1-8(2)14-18-15(21-19-14)10(4)17-12-6-9(3)11(16)7-13(12)20-5/h6-8,10,17H,1-5H3/t10-/m1/s1. The Labute approximate surface area is 129 Å². The smallest absolute Gasteiger partial charge is 0.248 e. The molecule has 0 aliphatic carbocycles. The van der Waals surface area contributed by atoms with Gasteiger partial charge in [-0.05, 0) is 25.5 Å². The summed E-state index contributed by atoms with van der Waals surface area (Å²) in [5.41, 5.74) is 1.82. The number of benzene rings is 1. The molecule has 1 aromatic carbocycles. The summed E-state index contributed by atoms with van der Waals surface area (Å²) >= 11 is 6.11. The molecule has 5 nitrogen and oxygen atoms in total. The lowest BCUT2D eigenvalue weighted by Crippen LogP contribution is -2.08. The highest BCUT2D eigenvalue weighted by Crippen LogP contribution is 2.33. The third-order valence-corrected chi connectivity index (χ3v) is 3.60. The molecule has 1 aromatic heterocycles. The molecule has 6 heteroatoms. The minimum absolute atomic E-state index is 0.125. The van der Waals surface area contributed by atoms with Crippen molar-refractivity contribution in [2.75, 3.05) is 12.4 Å². The summed E-state index contributed by atoms with van der Waals surface area (Å²) in [7, 11) is 1.61. The van der Waals surface area contributed by atoms with Crippen molar-refractivity contribution in [2.24, 2.45) is 0 Å². The third-order valence-electron chi connectivity index (χ3n) is 3.20. The van der Waals surface area contributed by atoms with Crippen molar-refractivity contribution in [3.8, 4) is 5.75 Å². The molecule has 0 saturated carbocycles. The SMILES string of the molecule is COc1cc(Cl)c(C)cc1N[C@H](C)c1nc(C(C)C)no1. The maximum absolute atomic E-state index is 6.11. The first kappa shape index (κ1) is 15.6. The van der Waals surface area contributed by atoms with E-state index in [1.165, 1.54) is 0 Å². The van der Waals surface area contributed by atoms with Gasteiger partial charge in [-0.15, -0.1) is 0 Å². The minimum atomic E-state index is -0.125. The Morgan fingerprint density at radius 3 is 2.57 bits per heavy atom. The number of methoxy groups -OCH3 is 1. The van der Waals surface area contributed by atoms with Gasteiger partial charge in [0.15, 0.2) is 5.82 Å². The summed E-state index contributed by atoms with van der Waals surface area (Å²) in [6.07, 6.45) is 0. The van der Waals surface area contributed by atoms with Crippen LogP contribution in [0, 0.1) is 6.92 Å². The Balaban J connectivity index is 2.22. The Bertz CT molecular complexity index is 625. The van der Waals surface area contributed by atoms with E-state index < -0.39 is 0 Å². The van der Waals surface area contributed by atoms with Crippen molar-refractivity contribution >= 4 is 17.3 Å². The maximum Gasteiger partial charge on any atom is 0.248 e. The van der Waals surface area contributed by atoms with Crippen molar-refractivity contribution in [1.82, 2.24) is 10.1 Å². The number of aromatic nitrogens is 2. The Morgan fingerprint density at radius 1 is 1.29 bits per heavy atom. The van der Waals surface area contributed by atoms with Gasteiger partial charge in [-0.1, -0.05) is 30.6 Å². The number of nitrogens with zero attached hydrogens (tertiary/aromatic N) is 2. The van der Waals surface area contributed by atoms with Gasteiger partial charge in [0.25, 0.3) is 0 Å². The molecule has 0 saturated heterocycles. The second-order valence-electron chi connectivity index (χ2n) is 5.31. The zero-order valence-electron chi connectivity index (χ0n) is 12.9. The summed E-state index contributed by atoms with van der Waals surface area (Å²) < 4.78 is 10.6. The van der Waals surface area contributed by atoms with Crippen molar-refractivity contribution in [1.29, 1.82) is 0 Å². The molecule has 0 spiro atoms. The summed E-state index contributed by atoms with van der Waals surface area (Å²) in [5, 5.41) is 7.96. The monoisotopic (exact) mass is 309 g/mol. The summed E-state index contributed by atoms with van der Waals surface area (Å²) in [6, 6.07) is 3.61. The molecular formula is C15H20ClN3O2. The molecule has 0 unspecified atom stereocenters. The normalized spacial score (nSPS) is 12.5. The number of ether oxygens (including phenoxy) is 1. The number of hydrogen-bond donors (Lipinski definition) is 1. The number of anilines is 1. The van der Waals surface area contributed by atoms with Gasteiger partial charge >= 0.3 is 0 Å². The van der Waals surface area contributed by atoms with Crippen molar-refractivity contribution in [3.05, 3.63) is 34.4 Å². The van der Waals surface area contributed by atoms with Crippen LogP contribution in [0.25, 0.3) is 0 Å². The van der Waals surface area contributed by atoms with E-state index in [4.69, 9.17) is 20.9 Å². The lowest BCUT2D eigenvalue weighted by atomic mass is 10.2. The van der Waals surface area contributed by atoms with E-state index >= 15 is 0 Å². The zero-order valence-corrected chi connectivity index (χ0v) is 13.7. The summed E-state index contributed by atoms with van der Waals surface area (Å²) in [6.45, 7) is 7.96. The van der Waals surface area contributed by atoms with Crippen molar-refractivity contribution in [3.63, 3.8) is 0 Å². The molecule has 1 heterocycles. The fraction of sp³-hybridized carbons (Fsp3) is 0.467. The van der Waals surface area contributed by atoms with E-state index in [9.17, 15) is 0 Å². The van der Waals surface area contributed by atoms with Crippen LogP contribution in [0.1, 0.15) is 50.0 Å². The van der Waals surface area contributed by atoms with Crippen LogP contribution >= 0.6 is 11.6 Å². The molecule has 0 aliphatic rings. The largest absolute Gasteiger partial charge is 0.495 e. The van der Waals surface area contributed by atoms with Gasteiger partial charge in [0.1, 0.15) is 11.8 Å². The van der Waals surface area contributed by atoms with Crippen LogP contribution in [0.5, 0.6) is 5.75 Å². The Morgan fingerprint density at radius 2 is 2.00 bits per heavy atom. The Kier molecular flexibility index (Phi) is 4.73. The molecule has 114 valence electrons. The zero-order chi connectivity index (χ0) is 15.6. The molecule has 21 heavy (non-hydrogen) atoms. The van der Waals surface area contributed by atoms with Gasteiger partial charge in [-0.3, -0.25) is 0 Å². The van der Waals surface area contributed by atoms with Gasteiger partial charge in [0, 0.05) is 17.0 Å². The summed E-state index contributed by atoms with van der Waals surface area (Å²) in [4.78, 5) is 4.39. The fourth-order valence-corrected chi connectivity index (χ4v) is 2.05. The van der Waals surface area contributed by atoms with E-state index in [0.29, 0.717) is 22.5 Å². The molecule has 0 aliphatic heterocycles. The molecule has 0 amide bonds. The second-order valence-corrected chi connectivity index (χ2v) is 5.72. The lowest BCUT2D eigenvalue weighted by molar-refractivity contribution is 0.360. The minimum Gasteiger partial charge on any atom is -0.495 e. The molecule has 1 atom stereocenters. The van der Waals surface area contributed by atoms with Crippen LogP contribution in [0.3, 0.4) is 0 Å². The van der Waals surface area contributed by atoms with E-state index in [0.717, 1.165) is 11.3 Å². The first-order chi connectivity index (χ1) is 9.92. The molecule has 2 rings (SSSR count). The van der Waals surface area contributed by atoms with E-state index in [2.05, 4.69) is 15.5 Å². The molecule has 0 bridgehead atoms. The topological polar surface area (TPSA) is 60.2 Å². The van der Waals surface area contributed by atoms with Crippen LogP contribution < -0.4 is 10.1 Å². The predicted molar refractivity (Wildman–Crippen MR) is 83.2 cm³/mol. The number of hydrogen-bond acceptors (Lipinski definition) is 5. The lowest BCUT2D eigenvalue weighted by Gasteiger charge is -2.16. The Hall–Kier alpha value is -1.75. The average Bonchev–Trinajstić information content (AvgIpc) is 2.92. The van der Waals surface area contributed by atoms with Gasteiger partial charge in [-0.2, -0.15) is 4.98 Å². The molecule has 1 N–H and O–H groups in total. The van der Waals surface area contributed by atoms with Gasteiger partial charge in [-0.25, -0.2) is 0 Å². The van der Waals surface area contributed by atoms with Gasteiger partial charge in [0.05, 0.1) is 12.8 Å². The van der Waals surface area contributed by atoms with E-state index in [-0.39, 0.29) is 12.0 Å². The van der Waals surface area contributed by atoms with Crippen molar-refractivity contribution < 1.29 is 9.26 Å². The summed E-state index contributed by atoms with van der Waals surface area (Å²) in [5.74, 6) is 2.18. The highest BCUT2D eigenvalue weighted by atomic mass is 35.5. The van der Waals surface area contributed by atoms with E-state index in [1.807, 2.05) is 33.8 Å². The first-order valence-corrected chi connectivity index (χ1v) is 7.24. The van der Waals surface area contributed by atoms with Crippen LogP contribution in [-0.2, 0) is 0 Å². The van der Waals surface area contributed by atoms with Crippen LogP contribution in [-0.4, -0.2) is 17.3 Å². The van der Waals surface area contributed by atoms with E-state index in [1.54, 1.807) is 13.2 Å². The highest BCUT2D eigenvalue weighted by Gasteiger charge is 2.17. The van der Waals surface area contributed by atoms with Gasteiger partial charge < -0.3 is 14.6 Å². The fourth-order valence-electron chi connectivity index (χ4n) is 1.90. The molecule has 0 fully saturated rings. The quantitative estimate of drug-likeness (QED) is 0.890. The van der Waals surface area contributed by atoms with Crippen LogP contribution in [0.2, 0.25) is 5.02 Å².